The number of carbonyl (C=O) groups is 2. The average Bonchev–Trinajstić information content (AvgIpc) is 2.86. The van der Waals surface area contributed by atoms with Crippen LogP contribution in [0.15, 0.2) is 0 Å². The number of hydrogen-bond donors (Lipinski definition) is 1. The molecule has 0 aromatic carbocycles. The highest BCUT2D eigenvalue weighted by atomic mass is 16.2. The zero-order valence-electron chi connectivity index (χ0n) is 12.9. The van der Waals surface area contributed by atoms with E-state index in [9.17, 15) is 9.59 Å². The van der Waals surface area contributed by atoms with Crippen LogP contribution in [0, 0.1) is 11.8 Å². The molecular formula is C15H24N4O2. The molecule has 2 aliphatic heterocycles. The van der Waals surface area contributed by atoms with Crippen LogP contribution in [0.5, 0.6) is 0 Å². The highest BCUT2D eigenvalue weighted by molar-refractivity contribution is 5.90. The summed E-state index contributed by atoms with van der Waals surface area (Å²) in [6.45, 7) is 5.31. The normalized spacial score (nSPS) is 23.8. The van der Waals surface area contributed by atoms with E-state index in [2.05, 4.69) is 34.0 Å². The van der Waals surface area contributed by atoms with Crippen molar-refractivity contribution in [1.82, 2.24) is 20.0 Å². The fourth-order valence-corrected chi connectivity index (χ4v) is 2.69. The lowest BCUT2D eigenvalue weighted by molar-refractivity contribution is -0.134. The maximum Gasteiger partial charge on any atom is 0.242 e. The lowest BCUT2D eigenvalue weighted by Crippen LogP contribution is -2.44. The van der Waals surface area contributed by atoms with Gasteiger partial charge in [0.1, 0.15) is 6.04 Å². The van der Waals surface area contributed by atoms with Crippen molar-refractivity contribution in [3.63, 3.8) is 0 Å². The van der Waals surface area contributed by atoms with Gasteiger partial charge in [-0.15, -0.1) is 0 Å². The maximum atomic E-state index is 11.8. The number of nitrogens with zero attached hydrogens (tertiary/aromatic N) is 3. The number of carbonyl (C=O) groups excluding carboxylic acids is 2. The molecule has 0 spiro atoms. The van der Waals surface area contributed by atoms with E-state index >= 15 is 0 Å². The van der Waals surface area contributed by atoms with E-state index in [0.717, 1.165) is 32.7 Å². The first-order valence-corrected chi connectivity index (χ1v) is 7.49. The Hall–Kier alpha value is -1.58. The van der Waals surface area contributed by atoms with Gasteiger partial charge in [0.2, 0.25) is 11.8 Å². The zero-order chi connectivity index (χ0) is 15.2. The third-order valence-corrected chi connectivity index (χ3v) is 4.15. The predicted octanol–water partition coefficient (Wildman–Crippen LogP) is -1.03. The molecule has 2 aliphatic rings. The lowest BCUT2D eigenvalue weighted by atomic mass is 10.2. The van der Waals surface area contributed by atoms with Gasteiger partial charge in [-0.2, -0.15) is 0 Å². The number of piperazine rings is 1. The van der Waals surface area contributed by atoms with Crippen LogP contribution >= 0.6 is 0 Å². The smallest absolute Gasteiger partial charge is 0.242 e. The Bertz CT molecular complexity index is 446. The maximum absolute atomic E-state index is 11.8. The number of amides is 2. The molecule has 2 heterocycles. The van der Waals surface area contributed by atoms with Crippen molar-refractivity contribution >= 4 is 11.8 Å². The van der Waals surface area contributed by atoms with Crippen molar-refractivity contribution in [1.29, 1.82) is 0 Å². The van der Waals surface area contributed by atoms with E-state index in [4.69, 9.17) is 0 Å². The first-order valence-electron chi connectivity index (χ1n) is 7.49. The van der Waals surface area contributed by atoms with E-state index in [1.165, 1.54) is 0 Å². The van der Waals surface area contributed by atoms with Gasteiger partial charge in [-0.3, -0.25) is 14.5 Å². The standard InChI is InChI=1S/C15H24N4O2/c1-16-15(21)13-5-6-14(20)19(13)8-4-3-7-18-11-9-17(2)10-12-18/h13H,5-12H2,1-2H3,(H,16,21). The molecule has 6 heteroatoms. The Balaban J connectivity index is 1.80. The second-order valence-electron chi connectivity index (χ2n) is 5.62. The number of likely N-dealkylation sites (N-methyl/N-ethyl adjacent to an activating group) is 2. The summed E-state index contributed by atoms with van der Waals surface area (Å²) < 4.78 is 0. The van der Waals surface area contributed by atoms with Crippen LogP contribution in [-0.4, -0.2) is 85.9 Å². The fourth-order valence-electron chi connectivity index (χ4n) is 2.69. The molecule has 1 unspecified atom stereocenters. The molecule has 0 saturated carbocycles. The molecule has 1 atom stereocenters. The SMILES string of the molecule is CNC(=O)C1CCC(=O)N1CC#CCN1CCN(C)CC1. The van der Waals surface area contributed by atoms with Gasteiger partial charge in [0.15, 0.2) is 0 Å². The monoisotopic (exact) mass is 292 g/mol. The molecule has 21 heavy (non-hydrogen) atoms. The minimum absolute atomic E-state index is 0.0255. The van der Waals surface area contributed by atoms with Crippen LogP contribution in [0.3, 0.4) is 0 Å². The predicted molar refractivity (Wildman–Crippen MR) is 80.5 cm³/mol. The molecule has 0 aromatic rings. The Morgan fingerprint density at radius 3 is 2.57 bits per heavy atom. The second-order valence-corrected chi connectivity index (χ2v) is 5.62. The molecular weight excluding hydrogens is 268 g/mol. The Morgan fingerprint density at radius 2 is 1.90 bits per heavy atom. The largest absolute Gasteiger partial charge is 0.357 e. The Morgan fingerprint density at radius 1 is 1.24 bits per heavy atom. The summed E-state index contributed by atoms with van der Waals surface area (Å²) in [5.74, 6) is 6.10. The number of likely N-dealkylation sites (tertiary alicyclic amines) is 1. The summed E-state index contributed by atoms with van der Waals surface area (Å²) in [6, 6.07) is -0.347. The molecule has 0 aliphatic carbocycles. The molecule has 0 bridgehead atoms. The zero-order valence-corrected chi connectivity index (χ0v) is 12.9. The van der Waals surface area contributed by atoms with Crippen LogP contribution in [0.1, 0.15) is 12.8 Å². The van der Waals surface area contributed by atoms with E-state index < -0.39 is 0 Å². The number of rotatable bonds is 3. The van der Waals surface area contributed by atoms with Crippen LogP contribution < -0.4 is 5.32 Å². The van der Waals surface area contributed by atoms with E-state index in [1.54, 1.807) is 11.9 Å². The first-order chi connectivity index (χ1) is 10.1. The van der Waals surface area contributed by atoms with E-state index in [1.807, 2.05) is 0 Å². The lowest BCUT2D eigenvalue weighted by Gasteiger charge is -2.30. The van der Waals surface area contributed by atoms with Crippen molar-refractivity contribution in [2.24, 2.45) is 0 Å². The minimum atomic E-state index is -0.347. The first kappa shape index (κ1) is 15.8. The van der Waals surface area contributed by atoms with Gasteiger partial charge in [0, 0.05) is 39.6 Å². The van der Waals surface area contributed by atoms with Crippen molar-refractivity contribution < 1.29 is 9.59 Å². The quantitative estimate of drug-likeness (QED) is 0.676. The van der Waals surface area contributed by atoms with Gasteiger partial charge in [0.25, 0.3) is 0 Å². The van der Waals surface area contributed by atoms with Gasteiger partial charge in [0.05, 0.1) is 13.1 Å². The van der Waals surface area contributed by atoms with Gasteiger partial charge in [-0.25, -0.2) is 0 Å². The van der Waals surface area contributed by atoms with Crippen molar-refractivity contribution in [3.8, 4) is 11.8 Å². The third kappa shape index (κ3) is 4.19. The Kier molecular flexibility index (Phi) is 5.59. The number of hydrogen-bond acceptors (Lipinski definition) is 4. The average molecular weight is 292 g/mol. The molecule has 2 rings (SSSR count). The van der Waals surface area contributed by atoms with E-state index in [-0.39, 0.29) is 17.9 Å². The molecule has 2 saturated heterocycles. The van der Waals surface area contributed by atoms with Gasteiger partial charge in [-0.1, -0.05) is 11.8 Å². The van der Waals surface area contributed by atoms with Crippen LogP contribution in [-0.2, 0) is 9.59 Å². The van der Waals surface area contributed by atoms with Crippen LogP contribution in [0.4, 0.5) is 0 Å². The minimum Gasteiger partial charge on any atom is -0.357 e. The topological polar surface area (TPSA) is 55.9 Å². The van der Waals surface area contributed by atoms with Gasteiger partial charge < -0.3 is 15.1 Å². The summed E-state index contributed by atoms with van der Waals surface area (Å²) in [4.78, 5) is 29.7. The van der Waals surface area contributed by atoms with Crippen molar-refractivity contribution in [2.75, 3.05) is 53.4 Å². The van der Waals surface area contributed by atoms with Gasteiger partial charge >= 0.3 is 0 Å². The summed E-state index contributed by atoms with van der Waals surface area (Å²) in [7, 11) is 3.73. The fraction of sp³-hybridized carbons (Fsp3) is 0.733. The second kappa shape index (κ2) is 7.43. The molecule has 1 N–H and O–H groups in total. The third-order valence-electron chi connectivity index (χ3n) is 4.15. The summed E-state index contributed by atoms with van der Waals surface area (Å²) in [6.07, 6.45) is 1.04. The highest BCUT2D eigenvalue weighted by Crippen LogP contribution is 2.17. The highest BCUT2D eigenvalue weighted by Gasteiger charge is 2.34. The van der Waals surface area contributed by atoms with E-state index in [0.29, 0.717) is 19.4 Å². The molecule has 0 radical (unpaired) electrons. The molecule has 2 amide bonds. The van der Waals surface area contributed by atoms with Crippen molar-refractivity contribution in [3.05, 3.63) is 0 Å². The Labute approximate surface area is 126 Å². The van der Waals surface area contributed by atoms with Crippen molar-refractivity contribution in [2.45, 2.75) is 18.9 Å². The molecule has 0 aromatic heterocycles. The van der Waals surface area contributed by atoms with Gasteiger partial charge in [-0.05, 0) is 13.5 Å². The van der Waals surface area contributed by atoms with Crippen LogP contribution in [0.25, 0.3) is 0 Å². The number of nitrogens with one attached hydrogen (secondary N) is 1. The summed E-state index contributed by atoms with van der Waals surface area (Å²) >= 11 is 0. The summed E-state index contributed by atoms with van der Waals surface area (Å²) in [5.41, 5.74) is 0. The molecule has 2 fully saturated rings. The molecule has 6 nitrogen and oxygen atoms in total. The summed E-state index contributed by atoms with van der Waals surface area (Å²) in [5, 5.41) is 2.61. The molecule has 116 valence electrons. The van der Waals surface area contributed by atoms with Crippen LogP contribution in [0.2, 0.25) is 0 Å².